The summed E-state index contributed by atoms with van der Waals surface area (Å²) in [7, 11) is 0. The number of hydrogen-bond donors (Lipinski definition) is 1. The van der Waals surface area contributed by atoms with E-state index in [-0.39, 0.29) is 18.3 Å². The Balaban J connectivity index is 1.93. The van der Waals surface area contributed by atoms with E-state index in [0.717, 1.165) is 6.42 Å². The largest absolute Gasteiger partial charge is 0.394 e. The second-order valence-corrected chi connectivity index (χ2v) is 3.14. The molecule has 0 unspecified atom stereocenters. The molecule has 0 radical (unpaired) electrons. The van der Waals surface area contributed by atoms with Crippen LogP contribution in [0.25, 0.3) is 0 Å². The van der Waals surface area contributed by atoms with E-state index in [1.54, 1.807) is 0 Å². The molecule has 52 valence electrons. The Kier molecular flexibility index (Phi) is 1.08. The van der Waals surface area contributed by atoms with Gasteiger partial charge in [0, 0.05) is 0 Å². The molecule has 2 rings (SSSR count). The molecule has 1 aliphatic carbocycles. The number of ether oxygens (including phenoxy) is 1. The zero-order valence-electron chi connectivity index (χ0n) is 5.47. The van der Waals surface area contributed by atoms with Gasteiger partial charge >= 0.3 is 0 Å². The Morgan fingerprint density at radius 1 is 1.44 bits per heavy atom. The Morgan fingerprint density at radius 2 is 2.22 bits per heavy atom. The molecular weight excluding hydrogens is 116 g/mol. The quantitative estimate of drug-likeness (QED) is 0.563. The highest BCUT2D eigenvalue weighted by atomic mass is 16.5. The molecule has 1 heterocycles. The minimum Gasteiger partial charge on any atom is -0.394 e. The highest BCUT2D eigenvalue weighted by molar-refractivity contribution is 5.00. The average Bonchev–Trinajstić information content (AvgIpc) is 2.44. The van der Waals surface area contributed by atoms with Crippen LogP contribution in [-0.4, -0.2) is 23.4 Å². The van der Waals surface area contributed by atoms with E-state index < -0.39 is 0 Å². The molecule has 1 spiro atoms. The third kappa shape index (κ3) is 0.864. The number of hydrogen-bond acceptors (Lipinski definition) is 2. The van der Waals surface area contributed by atoms with E-state index in [0.29, 0.717) is 0 Å². The topological polar surface area (TPSA) is 29.5 Å². The minimum atomic E-state index is 0.160. The van der Waals surface area contributed by atoms with E-state index in [1.165, 1.54) is 19.3 Å². The lowest BCUT2D eigenvalue weighted by Crippen LogP contribution is -2.14. The first-order valence-electron chi connectivity index (χ1n) is 3.63. The van der Waals surface area contributed by atoms with E-state index in [4.69, 9.17) is 9.84 Å². The van der Waals surface area contributed by atoms with Gasteiger partial charge in [-0.15, -0.1) is 0 Å². The van der Waals surface area contributed by atoms with Gasteiger partial charge in [0.2, 0.25) is 0 Å². The summed E-state index contributed by atoms with van der Waals surface area (Å²) in [6, 6.07) is 0. The summed E-state index contributed by atoms with van der Waals surface area (Å²) >= 11 is 0. The van der Waals surface area contributed by atoms with Crippen molar-refractivity contribution in [3.63, 3.8) is 0 Å². The average molecular weight is 128 g/mol. The van der Waals surface area contributed by atoms with Crippen molar-refractivity contribution >= 4 is 0 Å². The smallest absolute Gasteiger partial charge is 0.0814 e. The van der Waals surface area contributed by atoms with Crippen LogP contribution in [0, 0.1) is 0 Å². The van der Waals surface area contributed by atoms with Gasteiger partial charge in [-0.3, -0.25) is 0 Å². The molecule has 2 nitrogen and oxygen atoms in total. The lowest BCUT2D eigenvalue weighted by Gasteiger charge is -2.07. The first-order chi connectivity index (χ1) is 4.35. The third-order valence-corrected chi connectivity index (χ3v) is 2.35. The second kappa shape index (κ2) is 1.70. The van der Waals surface area contributed by atoms with Gasteiger partial charge < -0.3 is 9.84 Å². The van der Waals surface area contributed by atoms with Gasteiger partial charge in [-0.05, 0) is 25.7 Å². The fourth-order valence-corrected chi connectivity index (χ4v) is 1.53. The summed E-state index contributed by atoms with van der Waals surface area (Å²) in [6.45, 7) is 0.210. The van der Waals surface area contributed by atoms with E-state index in [2.05, 4.69) is 0 Å². The number of aliphatic hydroxyl groups excluding tert-OH is 1. The summed E-state index contributed by atoms with van der Waals surface area (Å²) in [5, 5.41) is 8.70. The molecule has 1 N–H and O–H groups in total. The van der Waals surface area contributed by atoms with Crippen LogP contribution < -0.4 is 0 Å². The van der Waals surface area contributed by atoms with Crippen molar-refractivity contribution in [1.82, 2.24) is 0 Å². The molecule has 2 heteroatoms. The minimum absolute atomic E-state index is 0.160. The maximum Gasteiger partial charge on any atom is 0.0814 e. The summed E-state index contributed by atoms with van der Waals surface area (Å²) < 4.78 is 5.56. The van der Waals surface area contributed by atoms with Gasteiger partial charge in [0.25, 0.3) is 0 Å². The van der Waals surface area contributed by atoms with E-state index in [1.807, 2.05) is 0 Å². The van der Waals surface area contributed by atoms with E-state index >= 15 is 0 Å². The maximum absolute atomic E-state index is 8.70. The second-order valence-electron chi connectivity index (χ2n) is 3.14. The van der Waals surface area contributed by atoms with Crippen LogP contribution in [0.5, 0.6) is 0 Å². The molecule has 0 bridgehead atoms. The van der Waals surface area contributed by atoms with Gasteiger partial charge in [-0.25, -0.2) is 0 Å². The molecule has 2 aliphatic rings. The zero-order chi connectivity index (χ0) is 6.32. The summed E-state index contributed by atoms with van der Waals surface area (Å²) in [4.78, 5) is 0. The Labute approximate surface area is 54.8 Å². The van der Waals surface area contributed by atoms with Crippen molar-refractivity contribution in [2.75, 3.05) is 6.61 Å². The fourth-order valence-electron chi connectivity index (χ4n) is 1.53. The molecule has 0 aromatic rings. The standard InChI is InChI=1S/C7H12O2/c8-5-6-1-2-7(9-6)3-4-7/h6,8H,1-5H2/t6-/m0/s1. The van der Waals surface area contributed by atoms with Gasteiger partial charge in [-0.2, -0.15) is 0 Å². The van der Waals surface area contributed by atoms with Crippen LogP contribution in [0.4, 0.5) is 0 Å². The molecule has 2 fully saturated rings. The highest BCUT2D eigenvalue weighted by Gasteiger charge is 2.49. The molecule has 1 atom stereocenters. The summed E-state index contributed by atoms with van der Waals surface area (Å²) in [5.74, 6) is 0. The van der Waals surface area contributed by atoms with Crippen LogP contribution >= 0.6 is 0 Å². The predicted molar refractivity (Wildman–Crippen MR) is 33.2 cm³/mol. The monoisotopic (exact) mass is 128 g/mol. The van der Waals surface area contributed by atoms with Crippen LogP contribution in [0.3, 0.4) is 0 Å². The van der Waals surface area contributed by atoms with Crippen LogP contribution in [-0.2, 0) is 4.74 Å². The van der Waals surface area contributed by atoms with Gasteiger partial charge in [-0.1, -0.05) is 0 Å². The predicted octanol–water partition coefficient (Wildman–Crippen LogP) is 0.690. The Hall–Kier alpha value is -0.0800. The Morgan fingerprint density at radius 3 is 2.56 bits per heavy atom. The molecule has 0 amide bonds. The molecule has 1 saturated carbocycles. The maximum atomic E-state index is 8.70. The van der Waals surface area contributed by atoms with Crippen LogP contribution in [0.2, 0.25) is 0 Å². The van der Waals surface area contributed by atoms with Crippen molar-refractivity contribution in [2.24, 2.45) is 0 Å². The van der Waals surface area contributed by atoms with Gasteiger partial charge in [0.15, 0.2) is 0 Å². The van der Waals surface area contributed by atoms with Crippen LogP contribution in [0.15, 0.2) is 0 Å². The lowest BCUT2D eigenvalue weighted by atomic mass is 10.2. The molecule has 1 saturated heterocycles. The summed E-state index contributed by atoms with van der Waals surface area (Å²) in [5.41, 5.74) is 0.257. The summed E-state index contributed by atoms with van der Waals surface area (Å²) in [6.07, 6.45) is 4.86. The number of rotatable bonds is 1. The van der Waals surface area contributed by atoms with Crippen molar-refractivity contribution in [1.29, 1.82) is 0 Å². The van der Waals surface area contributed by atoms with Crippen LogP contribution in [0.1, 0.15) is 25.7 Å². The number of aliphatic hydroxyl groups is 1. The van der Waals surface area contributed by atoms with Gasteiger partial charge in [0.1, 0.15) is 0 Å². The first-order valence-corrected chi connectivity index (χ1v) is 3.63. The highest BCUT2D eigenvalue weighted by Crippen LogP contribution is 2.49. The fraction of sp³-hybridized carbons (Fsp3) is 1.00. The SMILES string of the molecule is OC[C@@H]1CCC2(CC2)O1. The molecular formula is C7H12O2. The van der Waals surface area contributed by atoms with Crippen molar-refractivity contribution in [3.8, 4) is 0 Å². The first kappa shape index (κ1) is 5.69. The van der Waals surface area contributed by atoms with E-state index in [9.17, 15) is 0 Å². The third-order valence-electron chi connectivity index (χ3n) is 2.35. The van der Waals surface area contributed by atoms with Crippen molar-refractivity contribution in [3.05, 3.63) is 0 Å². The van der Waals surface area contributed by atoms with Crippen molar-refractivity contribution in [2.45, 2.75) is 37.4 Å². The molecule has 0 aromatic heterocycles. The van der Waals surface area contributed by atoms with Gasteiger partial charge in [0.05, 0.1) is 18.3 Å². The normalized spacial score (nSPS) is 37.7. The molecule has 1 aliphatic heterocycles. The molecule has 0 aromatic carbocycles. The Bertz CT molecular complexity index is 118. The zero-order valence-corrected chi connectivity index (χ0v) is 5.47. The lowest BCUT2D eigenvalue weighted by molar-refractivity contribution is -0.00188. The van der Waals surface area contributed by atoms with Crippen molar-refractivity contribution < 1.29 is 9.84 Å². The molecule has 9 heavy (non-hydrogen) atoms.